The molecule has 9 nitrogen and oxygen atoms in total. The van der Waals surface area contributed by atoms with E-state index in [0.717, 1.165) is 57.4 Å². The number of anilines is 3. The van der Waals surface area contributed by atoms with Crippen molar-refractivity contribution < 1.29 is 9.53 Å². The standard InChI is InChI=1S/C23H27Cl2N7O2/c24-16-2-1-3-17(19(16)25)29-23-30-18-12-27-22(28-14-8-10-34-11-9-14)31-21(18)32(23)15-6-4-13(5-7-15)20(26)33/h1-3,12-15H,4-11H2,(H2,26,33)(H,29,30)(H,27,28,31). The second-order valence-electron chi connectivity index (χ2n) is 8.87. The number of ether oxygens (including phenoxy) is 1. The summed E-state index contributed by atoms with van der Waals surface area (Å²) in [5.41, 5.74) is 7.62. The van der Waals surface area contributed by atoms with E-state index in [1.54, 1.807) is 12.3 Å². The van der Waals surface area contributed by atoms with E-state index in [-0.39, 0.29) is 23.9 Å². The van der Waals surface area contributed by atoms with Crippen molar-refractivity contribution in [3.8, 4) is 0 Å². The molecule has 1 amide bonds. The van der Waals surface area contributed by atoms with E-state index in [1.165, 1.54) is 0 Å². The molecule has 0 bridgehead atoms. The van der Waals surface area contributed by atoms with Crippen LogP contribution in [0.15, 0.2) is 24.4 Å². The van der Waals surface area contributed by atoms with Crippen LogP contribution in [0.1, 0.15) is 44.6 Å². The van der Waals surface area contributed by atoms with Crippen LogP contribution in [-0.2, 0) is 9.53 Å². The molecule has 2 fully saturated rings. The van der Waals surface area contributed by atoms with Crippen molar-refractivity contribution in [2.75, 3.05) is 23.8 Å². The normalized spacial score (nSPS) is 21.5. The first-order chi connectivity index (χ1) is 16.5. The van der Waals surface area contributed by atoms with E-state index in [4.69, 9.17) is 43.6 Å². The van der Waals surface area contributed by atoms with Gasteiger partial charge in [-0.1, -0.05) is 29.3 Å². The van der Waals surface area contributed by atoms with E-state index >= 15 is 0 Å². The monoisotopic (exact) mass is 503 g/mol. The summed E-state index contributed by atoms with van der Waals surface area (Å²) in [6, 6.07) is 5.80. The molecule has 1 aromatic carbocycles. The van der Waals surface area contributed by atoms with E-state index in [9.17, 15) is 4.79 Å². The first-order valence-corrected chi connectivity index (χ1v) is 12.3. The van der Waals surface area contributed by atoms with Crippen molar-refractivity contribution >= 4 is 57.9 Å². The number of fused-ring (bicyclic) bond motifs is 1. The van der Waals surface area contributed by atoms with Gasteiger partial charge in [-0.15, -0.1) is 0 Å². The largest absolute Gasteiger partial charge is 0.381 e. The Hall–Kier alpha value is -2.62. The fourth-order valence-electron chi connectivity index (χ4n) is 4.76. The van der Waals surface area contributed by atoms with Crippen LogP contribution in [0.5, 0.6) is 0 Å². The van der Waals surface area contributed by atoms with Gasteiger partial charge in [0, 0.05) is 31.2 Å². The van der Waals surface area contributed by atoms with E-state index in [2.05, 4.69) is 20.2 Å². The number of hydrogen-bond acceptors (Lipinski definition) is 7. The number of halogens is 2. The van der Waals surface area contributed by atoms with Crippen LogP contribution in [0.2, 0.25) is 10.0 Å². The first kappa shape index (κ1) is 23.1. The summed E-state index contributed by atoms with van der Waals surface area (Å²) in [6.07, 6.45) is 6.62. The van der Waals surface area contributed by atoms with Gasteiger partial charge in [-0.3, -0.25) is 9.36 Å². The van der Waals surface area contributed by atoms with Crippen LogP contribution < -0.4 is 16.4 Å². The van der Waals surface area contributed by atoms with Crippen LogP contribution in [-0.4, -0.2) is 44.7 Å². The molecule has 1 saturated heterocycles. The summed E-state index contributed by atoms with van der Waals surface area (Å²) < 4.78 is 7.55. The summed E-state index contributed by atoms with van der Waals surface area (Å²) in [7, 11) is 0. The topological polar surface area (TPSA) is 120 Å². The molecule has 5 rings (SSSR count). The molecular weight excluding hydrogens is 477 g/mol. The summed E-state index contributed by atoms with van der Waals surface area (Å²) in [4.78, 5) is 25.8. The zero-order valence-corrected chi connectivity index (χ0v) is 20.1. The maximum Gasteiger partial charge on any atom is 0.224 e. The number of primary amides is 1. The minimum Gasteiger partial charge on any atom is -0.381 e. The Balaban J connectivity index is 1.51. The Morgan fingerprint density at radius 2 is 1.85 bits per heavy atom. The fourth-order valence-corrected chi connectivity index (χ4v) is 5.11. The molecule has 3 aromatic rings. The van der Waals surface area contributed by atoms with Crippen molar-refractivity contribution in [1.29, 1.82) is 0 Å². The molecule has 1 aliphatic carbocycles. The van der Waals surface area contributed by atoms with Gasteiger partial charge in [0.2, 0.25) is 17.8 Å². The number of nitrogens with one attached hydrogen (secondary N) is 2. The Morgan fingerprint density at radius 1 is 1.09 bits per heavy atom. The highest BCUT2D eigenvalue weighted by molar-refractivity contribution is 6.43. The van der Waals surface area contributed by atoms with Crippen molar-refractivity contribution in [3.05, 3.63) is 34.4 Å². The van der Waals surface area contributed by atoms with Crippen LogP contribution in [0.3, 0.4) is 0 Å². The third kappa shape index (κ3) is 4.78. The molecular formula is C23H27Cl2N7O2. The maximum atomic E-state index is 11.7. The second-order valence-corrected chi connectivity index (χ2v) is 9.66. The Kier molecular flexibility index (Phi) is 6.76. The lowest BCUT2D eigenvalue weighted by molar-refractivity contribution is -0.122. The number of amides is 1. The molecule has 34 heavy (non-hydrogen) atoms. The summed E-state index contributed by atoms with van der Waals surface area (Å²) >= 11 is 12.7. The zero-order valence-electron chi connectivity index (χ0n) is 18.6. The van der Waals surface area contributed by atoms with Crippen LogP contribution in [0, 0.1) is 5.92 Å². The molecule has 180 valence electrons. The molecule has 0 radical (unpaired) electrons. The third-order valence-corrected chi connectivity index (χ3v) is 7.47. The number of carbonyl (C=O) groups excluding carboxylic acids is 1. The summed E-state index contributed by atoms with van der Waals surface area (Å²) in [6.45, 7) is 1.46. The fraction of sp³-hybridized carbons (Fsp3) is 0.478. The van der Waals surface area contributed by atoms with Gasteiger partial charge in [-0.2, -0.15) is 4.98 Å². The highest BCUT2D eigenvalue weighted by Gasteiger charge is 2.29. The van der Waals surface area contributed by atoms with Gasteiger partial charge in [0.15, 0.2) is 5.65 Å². The number of carbonyl (C=O) groups is 1. The van der Waals surface area contributed by atoms with Crippen molar-refractivity contribution in [2.45, 2.75) is 50.6 Å². The lowest BCUT2D eigenvalue weighted by atomic mass is 9.85. The molecule has 4 N–H and O–H groups in total. The van der Waals surface area contributed by atoms with Gasteiger partial charge in [0.25, 0.3) is 0 Å². The first-order valence-electron chi connectivity index (χ1n) is 11.6. The molecule has 1 aliphatic heterocycles. The molecule has 1 saturated carbocycles. The highest BCUT2D eigenvalue weighted by atomic mass is 35.5. The third-order valence-electron chi connectivity index (χ3n) is 6.65. The number of imidazole rings is 1. The highest BCUT2D eigenvalue weighted by Crippen LogP contribution is 2.38. The Morgan fingerprint density at radius 3 is 2.59 bits per heavy atom. The predicted octanol–water partition coefficient (Wildman–Crippen LogP) is 4.68. The van der Waals surface area contributed by atoms with Gasteiger partial charge in [0.1, 0.15) is 5.52 Å². The number of nitrogens with zero attached hydrogens (tertiary/aromatic N) is 4. The minimum atomic E-state index is -0.233. The molecule has 0 unspecified atom stereocenters. The van der Waals surface area contributed by atoms with Crippen LogP contribution in [0.4, 0.5) is 17.6 Å². The smallest absolute Gasteiger partial charge is 0.224 e. The van der Waals surface area contributed by atoms with Crippen LogP contribution >= 0.6 is 23.2 Å². The number of aromatic nitrogens is 4. The molecule has 2 aliphatic rings. The summed E-state index contributed by atoms with van der Waals surface area (Å²) in [5, 5.41) is 7.66. The SMILES string of the molecule is NC(=O)C1CCC(n2c(Nc3cccc(Cl)c3Cl)nc3cnc(NC4CCOCC4)nc32)CC1. The van der Waals surface area contributed by atoms with Gasteiger partial charge < -0.3 is 21.1 Å². The number of hydrogen-bond donors (Lipinski definition) is 3. The molecule has 3 heterocycles. The molecule has 2 aromatic heterocycles. The van der Waals surface area contributed by atoms with Gasteiger partial charge in [-0.05, 0) is 50.7 Å². The predicted molar refractivity (Wildman–Crippen MR) is 133 cm³/mol. The number of nitrogens with two attached hydrogens (primary N) is 1. The van der Waals surface area contributed by atoms with Gasteiger partial charge in [0.05, 0.1) is 21.9 Å². The zero-order chi connectivity index (χ0) is 23.7. The van der Waals surface area contributed by atoms with E-state index in [1.807, 2.05) is 12.1 Å². The van der Waals surface area contributed by atoms with Crippen molar-refractivity contribution in [3.63, 3.8) is 0 Å². The van der Waals surface area contributed by atoms with E-state index in [0.29, 0.717) is 33.1 Å². The van der Waals surface area contributed by atoms with Crippen molar-refractivity contribution in [2.24, 2.45) is 11.7 Å². The van der Waals surface area contributed by atoms with Crippen molar-refractivity contribution in [1.82, 2.24) is 19.5 Å². The molecule has 0 spiro atoms. The second kappa shape index (κ2) is 9.93. The minimum absolute atomic E-state index is 0.0924. The Bertz CT molecular complexity index is 1190. The van der Waals surface area contributed by atoms with Crippen LogP contribution in [0.25, 0.3) is 11.2 Å². The summed E-state index contributed by atoms with van der Waals surface area (Å²) in [5.74, 6) is 0.853. The number of benzene rings is 1. The average molecular weight is 504 g/mol. The molecule has 11 heteroatoms. The van der Waals surface area contributed by atoms with E-state index < -0.39 is 0 Å². The Labute approximate surface area is 207 Å². The quantitative estimate of drug-likeness (QED) is 0.446. The maximum absolute atomic E-state index is 11.7. The average Bonchev–Trinajstić information content (AvgIpc) is 3.20. The number of rotatable bonds is 6. The van der Waals surface area contributed by atoms with Gasteiger partial charge >= 0.3 is 0 Å². The van der Waals surface area contributed by atoms with Gasteiger partial charge in [-0.25, -0.2) is 9.97 Å². The lowest BCUT2D eigenvalue weighted by Crippen LogP contribution is -2.29. The lowest BCUT2D eigenvalue weighted by Gasteiger charge is -2.29. The molecule has 0 atom stereocenters.